The minimum Gasteiger partial charge on any atom is -0.489 e. The van der Waals surface area contributed by atoms with E-state index in [9.17, 15) is 4.79 Å². The van der Waals surface area contributed by atoms with Crippen molar-refractivity contribution < 1.29 is 9.53 Å². The second-order valence-corrected chi connectivity index (χ2v) is 5.03. The molecule has 2 aromatic rings. The number of rotatable bonds is 3. The number of hydrogen-bond acceptors (Lipinski definition) is 3. The van der Waals surface area contributed by atoms with Crippen LogP contribution in [0.15, 0.2) is 36.7 Å². The highest BCUT2D eigenvalue weighted by atomic mass is 16.5. The molecule has 0 bridgehead atoms. The van der Waals surface area contributed by atoms with Gasteiger partial charge in [-0.1, -0.05) is 6.07 Å². The summed E-state index contributed by atoms with van der Waals surface area (Å²) in [7, 11) is 0. The molecular weight excluding hydrogens is 252 g/mol. The third kappa shape index (κ3) is 2.79. The second kappa shape index (κ2) is 5.33. The normalized spacial score (nSPS) is 13.6. The Morgan fingerprint density at radius 2 is 2.15 bits per heavy atom. The van der Waals surface area contributed by atoms with E-state index >= 15 is 0 Å². The average molecular weight is 268 g/mol. The summed E-state index contributed by atoms with van der Waals surface area (Å²) < 4.78 is 5.76. The van der Waals surface area contributed by atoms with Gasteiger partial charge in [0.1, 0.15) is 12.4 Å². The monoisotopic (exact) mass is 268 g/mol. The highest BCUT2D eigenvalue weighted by molar-refractivity contribution is 5.94. The fourth-order valence-corrected chi connectivity index (χ4v) is 2.30. The Morgan fingerprint density at radius 1 is 1.25 bits per heavy atom. The molecule has 0 saturated carbocycles. The van der Waals surface area contributed by atoms with E-state index in [0.717, 1.165) is 34.5 Å². The van der Waals surface area contributed by atoms with Gasteiger partial charge in [-0.15, -0.1) is 0 Å². The Bertz CT molecular complexity index is 653. The molecule has 102 valence electrons. The van der Waals surface area contributed by atoms with Crippen LogP contribution >= 0.6 is 0 Å². The Morgan fingerprint density at radius 3 is 3.00 bits per heavy atom. The van der Waals surface area contributed by atoms with Crippen molar-refractivity contribution in [2.45, 2.75) is 26.4 Å². The number of carbonyl (C=O) groups is 1. The highest BCUT2D eigenvalue weighted by Crippen LogP contribution is 2.27. The maximum atomic E-state index is 11.4. The largest absolute Gasteiger partial charge is 0.489 e. The molecule has 20 heavy (non-hydrogen) atoms. The second-order valence-electron chi connectivity index (χ2n) is 5.03. The SMILES string of the molecule is Cc1cncc(COc2ccc3c(c2)NC(=O)CC3)c1. The zero-order chi connectivity index (χ0) is 13.9. The maximum Gasteiger partial charge on any atom is 0.224 e. The number of nitrogens with zero attached hydrogens (tertiary/aromatic N) is 1. The molecule has 2 heterocycles. The van der Waals surface area contributed by atoms with E-state index < -0.39 is 0 Å². The molecule has 0 radical (unpaired) electrons. The van der Waals surface area contributed by atoms with Crippen LogP contribution in [-0.2, 0) is 17.8 Å². The summed E-state index contributed by atoms with van der Waals surface area (Å²) in [5.74, 6) is 0.824. The zero-order valence-corrected chi connectivity index (χ0v) is 11.3. The number of carbonyl (C=O) groups excluding carboxylic acids is 1. The first-order valence-corrected chi connectivity index (χ1v) is 6.67. The molecular formula is C16H16N2O2. The molecule has 3 rings (SSSR count). The number of nitrogens with one attached hydrogen (secondary N) is 1. The summed E-state index contributed by atoms with van der Waals surface area (Å²) >= 11 is 0. The van der Waals surface area contributed by atoms with Crippen LogP contribution in [0.5, 0.6) is 5.75 Å². The van der Waals surface area contributed by atoms with Gasteiger partial charge in [0.2, 0.25) is 5.91 Å². The smallest absolute Gasteiger partial charge is 0.224 e. The van der Waals surface area contributed by atoms with E-state index in [-0.39, 0.29) is 5.91 Å². The standard InChI is InChI=1S/C16H16N2O2/c1-11-6-12(9-17-8-11)10-20-14-4-2-13-3-5-16(19)18-15(13)7-14/h2,4,6-9H,3,5,10H2,1H3,(H,18,19). The van der Waals surface area contributed by atoms with Crippen LogP contribution in [0.2, 0.25) is 0 Å². The van der Waals surface area contributed by atoms with Crippen molar-refractivity contribution in [2.24, 2.45) is 0 Å². The minimum absolute atomic E-state index is 0.0672. The Kier molecular flexibility index (Phi) is 3.37. The van der Waals surface area contributed by atoms with Gasteiger partial charge in [0.15, 0.2) is 0 Å². The molecule has 0 saturated heterocycles. The van der Waals surface area contributed by atoms with Gasteiger partial charge in [-0.3, -0.25) is 9.78 Å². The van der Waals surface area contributed by atoms with Crippen molar-refractivity contribution in [3.05, 3.63) is 53.3 Å². The molecule has 0 atom stereocenters. The van der Waals surface area contributed by atoms with Crippen LogP contribution in [0.4, 0.5) is 5.69 Å². The third-order valence-corrected chi connectivity index (χ3v) is 3.31. The van der Waals surface area contributed by atoms with Crippen molar-refractivity contribution in [2.75, 3.05) is 5.32 Å². The molecule has 1 aliphatic rings. The fraction of sp³-hybridized carbons (Fsp3) is 0.250. The lowest BCUT2D eigenvalue weighted by Gasteiger charge is -2.17. The molecule has 1 N–H and O–H groups in total. The quantitative estimate of drug-likeness (QED) is 0.931. The van der Waals surface area contributed by atoms with Crippen LogP contribution < -0.4 is 10.1 Å². The van der Waals surface area contributed by atoms with Crippen molar-refractivity contribution in [1.82, 2.24) is 4.98 Å². The first-order valence-electron chi connectivity index (χ1n) is 6.67. The number of anilines is 1. The molecule has 1 amide bonds. The number of aryl methyl sites for hydroxylation is 2. The fourth-order valence-electron chi connectivity index (χ4n) is 2.30. The summed E-state index contributed by atoms with van der Waals surface area (Å²) in [4.78, 5) is 15.5. The summed E-state index contributed by atoms with van der Waals surface area (Å²) in [6.45, 7) is 2.48. The van der Waals surface area contributed by atoms with Crippen LogP contribution in [0.25, 0.3) is 0 Å². The van der Waals surface area contributed by atoms with Gasteiger partial charge >= 0.3 is 0 Å². The number of amides is 1. The first-order chi connectivity index (χ1) is 9.70. The van der Waals surface area contributed by atoms with Gasteiger partial charge in [-0.2, -0.15) is 0 Å². The minimum atomic E-state index is 0.0672. The lowest BCUT2D eigenvalue weighted by Crippen LogP contribution is -2.18. The van der Waals surface area contributed by atoms with Gasteiger partial charge in [0, 0.05) is 36.1 Å². The van der Waals surface area contributed by atoms with Gasteiger partial charge < -0.3 is 10.1 Å². The number of benzene rings is 1. The van der Waals surface area contributed by atoms with E-state index in [0.29, 0.717) is 13.0 Å². The molecule has 0 aliphatic carbocycles. The number of fused-ring (bicyclic) bond motifs is 1. The predicted octanol–water partition coefficient (Wildman–Crippen LogP) is 2.85. The zero-order valence-electron chi connectivity index (χ0n) is 11.3. The number of hydrogen-bond donors (Lipinski definition) is 1. The highest BCUT2D eigenvalue weighted by Gasteiger charge is 2.14. The Hall–Kier alpha value is -2.36. The summed E-state index contributed by atoms with van der Waals surface area (Å²) in [5.41, 5.74) is 4.17. The van der Waals surface area contributed by atoms with Gasteiger partial charge in [-0.05, 0) is 36.6 Å². The molecule has 0 spiro atoms. The molecule has 4 nitrogen and oxygen atoms in total. The average Bonchev–Trinajstić information content (AvgIpc) is 2.45. The Labute approximate surface area is 117 Å². The van der Waals surface area contributed by atoms with E-state index in [1.165, 1.54) is 0 Å². The molecule has 1 aromatic heterocycles. The molecule has 4 heteroatoms. The van der Waals surface area contributed by atoms with Crippen LogP contribution in [-0.4, -0.2) is 10.9 Å². The molecule has 1 aromatic carbocycles. The van der Waals surface area contributed by atoms with E-state index in [4.69, 9.17) is 4.74 Å². The van der Waals surface area contributed by atoms with E-state index in [1.807, 2.05) is 37.4 Å². The van der Waals surface area contributed by atoms with Gasteiger partial charge in [-0.25, -0.2) is 0 Å². The number of pyridine rings is 1. The maximum absolute atomic E-state index is 11.4. The van der Waals surface area contributed by atoms with E-state index in [2.05, 4.69) is 10.3 Å². The lowest BCUT2D eigenvalue weighted by atomic mass is 10.0. The van der Waals surface area contributed by atoms with Gasteiger partial charge in [0.05, 0.1) is 0 Å². The molecule has 1 aliphatic heterocycles. The van der Waals surface area contributed by atoms with Crippen LogP contribution in [0, 0.1) is 6.92 Å². The summed E-state index contributed by atoms with van der Waals surface area (Å²) in [6, 6.07) is 7.89. The topological polar surface area (TPSA) is 51.2 Å². The number of aromatic nitrogens is 1. The number of ether oxygens (including phenoxy) is 1. The summed E-state index contributed by atoms with van der Waals surface area (Å²) in [6.07, 6.45) is 4.97. The van der Waals surface area contributed by atoms with Crippen molar-refractivity contribution in [3.63, 3.8) is 0 Å². The van der Waals surface area contributed by atoms with Crippen molar-refractivity contribution in [3.8, 4) is 5.75 Å². The lowest BCUT2D eigenvalue weighted by molar-refractivity contribution is -0.116. The predicted molar refractivity (Wildman–Crippen MR) is 76.7 cm³/mol. The van der Waals surface area contributed by atoms with Crippen LogP contribution in [0.1, 0.15) is 23.1 Å². The first kappa shape index (κ1) is 12.7. The van der Waals surface area contributed by atoms with Gasteiger partial charge in [0.25, 0.3) is 0 Å². The van der Waals surface area contributed by atoms with E-state index in [1.54, 1.807) is 6.20 Å². The van der Waals surface area contributed by atoms with Crippen molar-refractivity contribution >= 4 is 11.6 Å². The molecule has 0 fully saturated rings. The Balaban J connectivity index is 1.72. The molecule has 0 unspecified atom stereocenters. The third-order valence-electron chi connectivity index (χ3n) is 3.31. The van der Waals surface area contributed by atoms with Crippen molar-refractivity contribution in [1.29, 1.82) is 0 Å². The summed E-state index contributed by atoms with van der Waals surface area (Å²) in [5, 5.41) is 2.88. The van der Waals surface area contributed by atoms with Crippen LogP contribution in [0.3, 0.4) is 0 Å².